The highest BCUT2D eigenvalue weighted by Crippen LogP contribution is 2.24. The van der Waals surface area contributed by atoms with Crippen LogP contribution in [0.25, 0.3) is 11.0 Å². The van der Waals surface area contributed by atoms with Crippen molar-refractivity contribution in [1.82, 2.24) is 5.32 Å². The van der Waals surface area contributed by atoms with Gasteiger partial charge in [0.05, 0.1) is 20.3 Å². The Labute approximate surface area is 154 Å². The first-order valence-corrected chi connectivity index (χ1v) is 8.25. The van der Waals surface area contributed by atoms with Crippen molar-refractivity contribution in [2.24, 2.45) is 0 Å². The molecule has 3 aromatic rings. The number of rotatable bonds is 8. The Balaban J connectivity index is 1.59. The predicted molar refractivity (Wildman–Crippen MR) is 96.1 cm³/mol. The average molecular weight is 371 g/mol. The lowest BCUT2D eigenvalue weighted by Crippen LogP contribution is -2.39. The molecule has 1 aromatic heterocycles. The normalized spacial score (nSPS) is 11.9. The van der Waals surface area contributed by atoms with Crippen molar-refractivity contribution in [3.8, 4) is 5.75 Å². The highest BCUT2D eigenvalue weighted by Gasteiger charge is 2.17. The Morgan fingerprint density at radius 1 is 1.26 bits per heavy atom. The molecular weight excluding hydrogens is 353 g/mol. The Hall–Kier alpha value is -3.19. The molecule has 140 valence electrons. The van der Waals surface area contributed by atoms with E-state index in [0.29, 0.717) is 28.6 Å². The van der Waals surface area contributed by atoms with Crippen molar-refractivity contribution >= 4 is 23.2 Å². The molecule has 0 radical (unpaired) electrons. The largest absolute Gasteiger partial charge is 0.497 e. The van der Waals surface area contributed by atoms with Crippen LogP contribution in [0.5, 0.6) is 5.75 Å². The van der Waals surface area contributed by atoms with Gasteiger partial charge in [-0.25, -0.2) is 4.39 Å². The van der Waals surface area contributed by atoms with Crippen LogP contribution in [0.3, 0.4) is 0 Å². The summed E-state index contributed by atoms with van der Waals surface area (Å²) in [4.78, 5) is 23.5. The van der Waals surface area contributed by atoms with Crippen LogP contribution in [0.4, 0.5) is 4.39 Å². The zero-order valence-corrected chi connectivity index (χ0v) is 14.6. The lowest BCUT2D eigenvalue weighted by Gasteiger charge is -2.12. The van der Waals surface area contributed by atoms with Gasteiger partial charge in [-0.15, -0.1) is 0 Å². The standard InChI is InChI=1S/C20H18FNO5/c1-25-16-6-7-18-14(8-16)9-19(27-18)20(24)22-15(10-23)12-26-11-13-4-2-3-5-17(13)21/h2-10,15H,11-12H2,1H3,(H,22,24)/t15-/m1/s1. The van der Waals surface area contributed by atoms with E-state index in [1.807, 2.05) is 0 Å². The van der Waals surface area contributed by atoms with Crippen LogP contribution in [0.15, 0.2) is 52.9 Å². The van der Waals surface area contributed by atoms with E-state index in [2.05, 4.69) is 5.32 Å². The van der Waals surface area contributed by atoms with Gasteiger partial charge in [0.1, 0.15) is 29.5 Å². The molecule has 1 atom stereocenters. The SMILES string of the molecule is COc1ccc2oc(C(=O)N[C@H](C=O)COCc3ccccc3F)cc2c1. The van der Waals surface area contributed by atoms with E-state index in [1.54, 1.807) is 49.6 Å². The number of methoxy groups -OCH3 is 1. The topological polar surface area (TPSA) is 77.8 Å². The van der Waals surface area contributed by atoms with E-state index in [-0.39, 0.29) is 24.8 Å². The minimum atomic E-state index is -0.882. The number of ether oxygens (including phenoxy) is 2. The maximum absolute atomic E-state index is 13.5. The van der Waals surface area contributed by atoms with Gasteiger partial charge in [-0.3, -0.25) is 4.79 Å². The van der Waals surface area contributed by atoms with Gasteiger partial charge in [-0.1, -0.05) is 18.2 Å². The number of amides is 1. The van der Waals surface area contributed by atoms with Crippen molar-refractivity contribution in [2.45, 2.75) is 12.6 Å². The second-order valence-electron chi connectivity index (χ2n) is 5.84. The monoisotopic (exact) mass is 371 g/mol. The van der Waals surface area contributed by atoms with Gasteiger partial charge in [0.15, 0.2) is 5.76 Å². The van der Waals surface area contributed by atoms with Crippen LogP contribution in [0.2, 0.25) is 0 Å². The van der Waals surface area contributed by atoms with Crippen LogP contribution in [0.1, 0.15) is 16.1 Å². The number of carbonyl (C=O) groups excluding carboxylic acids is 2. The Morgan fingerprint density at radius 3 is 2.81 bits per heavy atom. The van der Waals surface area contributed by atoms with Crippen molar-refractivity contribution < 1.29 is 27.9 Å². The fourth-order valence-electron chi connectivity index (χ4n) is 2.53. The zero-order chi connectivity index (χ0) is 19.2. The third-order valence-electron chi connectivity index (χ3n) is 3.94. The van der Waals surface area contributed by atoms with Crippen molar-refractivity contribution in [3.63, 3.8) is 0 Å². The Bertz CT molecular complexity index is 952. The minimum absolute atomic E-state index is 0.00266. The smallest absolute Gasteiger partial charge is 0.287 e. The van der Waals surface area contributed by atoms with E-state index in [1.165, 1.54) is 6.07 Å². The molecule has 0 unspecified atom stereocenters. The van der Waals surface area contributed by atoms with Gasteiger partial charge in [0.25, 0.3) is 5.91 Å². The molecule has 0 fully saturated rings. The van der Waals surface area contributed by atoms with Gasteiger partial charge in [-0.05, 0) is 30.3 Å². The summed E-state index contributed by atoms with van der Waals surface area (Å²) >= 11 is 0. The van der Waals surface area contributed by atoms with E-state index >= 15 is 0 Å². The highest BCUT2D eigenvalue weighted by atomic mass is 19.1. The number of aldehydes is 1. The maximum atomic E-state index is 13.5. The molecule has 3 rings (SSSR count). The first-order chi connectivity index (χ1) is 13.1. The number of furan rings is 1. The number of hydrogen-bond acceptors (Lipinski definition) is 5. The van der Waals surface area contributed by atoms with Crippen LogP contribution >= 0.6 is 0 Å². The van der Waals surface area contributed by atoms with Crippen LogP contribution in [0, 0.1) is 5.82 Å². The van der Waals surface area contributed by atoms with Crippen molar-refractivity contribution in [2.75, 3.05) is 13.7 Å². The fraction of sp³-hybridized carbons (Fsp3) is 0.200. The summed E-state index contributed by atoms with van der Waals surface area (Å²) in [5.74, 6) is -0.222. The van der Waals surface area contributed by atoms with Crippen LogP contribution < -0.4 is 10.1 Å². The van der Waals surface area contributed by atoms with Crippen molar-refractivity contribution in [1.29, 1.82) is 0 Å². The highest BCUT2D eigenvalue weighted by molar-refractivity contribution is 5.97. The summed E-state index contributed by atoms with van der Waals surface area (Å²) in [6.07, 6.45) is 0.560. The summed E-state index contributed by atoms with van der Waals surface area (Å²) in [7, 11) is 1.55. The molecule has 1 N–H and O–H groups in total. The number of carbonyl (C=O) groups is 2. The third kappa shape index (κ3) is 4.51. The second-order valence-corrected chi connectivity index (χ2v) is 5.84. The van der Waals surface area contributed by atoms with Crippen LogP contribution in [-0.2, 0) is 16.1 Å². The third-order valence-corrected chi connectivity index (χ3v) is 3.94. The molecule has 7 heteroatoms. The first-order valence-electron chi connectivity index (χ1n) is 8.25. The van der Waals surface area contributed by atoms with Gasteiger partial charge in [0.2, 0.25) is 0 Å². The minimum Gasteiger partial charge on any atom is -0.497 e. The van der Waals surface area contributed by atoms with E-state index in [0.717, 1.165) is 0 Å². The molecule has 0 bridgehead atoms. The summed E-state index contributed by atoms with van der Waals surface area (Å²) in [6.45, 7) is -0.0884. The number of halogens is 1. The van der Waals surface area contributed by atoms with Gasteiger partial charge in [-0.2, -0.15) is 0 Å². The number of hydrogen-bond donors (Lipinski definition) is 1. The van der Waals surface area contributed by atoms with Gasteiger partial charge in [0, 0.05) is 10.9 Å². The molecular formula is C20H18FNO5. The molecule has 0 spiro atoms. The summed E-state index contributed by atoms with van der Waals surface area (Å²) in [5, 5.41) is 3.23. The maximum Gasteiger partial charge on any atom is 0.287 e. The number of benzene rings is 2. The van der Waals surface area contributed by atoms with Gasteiger partial charge < -0.3 is 24.0 Å². The molecule has 0 aliphatic carbocycles. The van der Waals surface area contributed by atoms with E-state index < -0.39 is 11.9 Å². The first kappa shape index (κ1) is 18.6. The molecule has 0 aliphatic rings. The molecule has 1 amide bonds. The number of nitrogens with one attached hydrogen (secondary N) is 1. The molecule has 27 heavy (non-hydrogen) atoms. The molecule has 0 saturated heterocycles. The number of fused-ring (bicyclic) bond motifs is 1. The summed E-state index contributed by atoms with van der Waals surface area (Å²) in [6, 6.07) is 12.0. The van der Waals surface area contributed by atoms with E-state index in [9.17, 15) is 14.0 Å². The molecule has 0 saturated carbocycles. The lowest BCUT2D eigenvalue weighted by atomic mass is 10.2. The lowest BCUT2D eigenvalue weighted by molar-refractivity contribution is -0.110. The molecule has 1 heterocycles. The zero-order valence-electron chi connectivity index (χ0n) is 14.6. The summed E-state index contributed by atoms with van der Waals surface area (Å²) < 4.78 is 29.5. The summed E-state index contributed by atoms with van der Waals surface area (Å²) in [5.41, 5.74) is 0.902. The molecule has 6 nitrogen and oxygen atoms in total. The Kier molecular flexibility index (Phi) is 5.83. The molecule has 0 aliphatic heterocycles. The van der Waals surface area contributed by atoms with E-state index in [4.69, 9.17) is 13.9 Å². The fourth-order valence-corrected chi connectivity index (χ4v) is 2.53. The Morgan fingerprint density at radius 2 is 2.07 bits per heavy atom. The van der Waals surface area contributed by atoms with Crippen molar-refractivity contribution in [3.05, 3.63) is 65.7 Å². The second kappa shape index (κ2) is 8.46. The predicted octanol–water partition coefficient (Wildman–Crippen LogP) is 3.09. The molecule has 2 aromatic carbocycles. The average Bonchev–Trinajstić information content (AvgIpc) is 3.11. The van der Waals surface area contributed by atoms with Crippen LogP contribution in [-0.4, -0.2) is 32.0 Å². The quantitative estimate of drug-likeness (QED) is 0.616. The van der Waals surface area contributed by atoms with Gasteiger partial charge >= 0.3 is 0 Å².